The number of carbonyl (C=O) groups is 2. The third-order valence-electron chi connectivity index (χ3n) is 6.61. The molecule has 1 aliphatic carbocycles. The van der Waals surface area contributed by atoms with Gasteiger partial charge < -0.3 is 14.6 Å². The Morgan fingerprint density at radius 3 is 2.68 bits per heavy atom. The summed E-state index contributed by atoms with van der Waals surface area (Å²) in [5.41, 5.74) is 5.69. The van der Waals surface area contributed by atoms with Gasteiger partial charge in [0.25, 0.3) is 0 Å². The van der Waals surface area contributed by atoms with E-state index in [1.54, 1.807) is 11.3 Å². The van der Waals surface area contributed by atoms with Crippen molar-refractivity contribution in [2.75, 3.05) is 18.2 Å². The maximum Gasteiger partial charge on any atom is 0.341 e. The molecule has 1 aromatic carbocycles. The van der Waals surface area contributed by atoms with Crippen LogP contribution >= 0.6 is 34.4 Å². The Hall–Kier alpha value is -2.95. The molecule has 0 radical (unpaired) electrons. The van der Waals surface area contributed by atoms with Crippen molar-refractivity contribution in [3.05, 3.63) is 56.6 Å². The van der Waals surface area contributed by atoms with Crippen molar-refractivity contribution in [2.45, 2.75) is 38.3 Å². The van der Waals surface area contributed by atoms with Crippen LogP contribution in [0.2, 0.25) is 0 Å². The van der Waals surface area contributed by atoms with Gasteiger partial charge in [0.2, 0.25) is 5.91 Å². The van der Waals surface area contributed by atoms with E-state index in [2.05, 4.69) is 27.8 Å². The maximum atomic E-state index is 12.9. The predicted octanol–water partition coefficient (Wildman–Crippen LogP) is 6.22. The number of anilines is 1. The third-order valence-corrected chi connectivity index (χ3v) is 9.57. The number of fused-ring (bicyclic) bond motifs is 1. The quantitative estimate of drug-likeness (QED) is 0.216. The number of esters is 1. The summed E-state index contributed by atoms with van der Waals surface area (Å²) in [7, 11) is 3.28. The van der Waals surface area contributed by atoms with E-state index in [1.807, 2.05) is 48.2 Å². The van der Waals surface area contributed by atoms with E-state index in [1.165, 1.54) is 47.1 Å². The molecular formula is C27H28N4O3S3. The number of thiophene rings is 2. The second-order valence-corrected chi connectivity index (χ2v) is 12.1. The third kappa shape index (κ3) is 5.23. The number of benzene rings is 1. The highest BCUT2D eigenvalue weighted by Gasteiger charge is 2.25. The highest BCUT2D eigenvalue weighted by Crippen LogP contribution is 2.39. The minimum absolute atomic E-state index is 0.142. The van der Waals surface area contributed by atoms with Crippen LogP contribution in [-0.2, 0) is 29.4 Å². The summed E-state index contributed by atoms with van der Waals surface area (Å²) in [6, 6.07) is 7.90. The zero-order valence-corrected chi connectivity index (χ0v) is 23.6. The van der Waals surface area contributed by atoms with Crippen molar-refractivity contribution in [1.82, 2.24) is 14.8 Å². The number of hydrogen-bond donors (Lipinski definition) is 1. The Morgan fingerprint density at radius 1 is 1.16 bits per heavy atom. The Kier molecular flexibility index (Phi) is 7.50. The lowest BCUT2D eigenvalue weighted by Crippen LogP contribution is -2.16. The topological polar surface area (TPSA) is 86.1 Å². The van der Waals surface area contributed by atoms with Gasteiger partial charge in [-0.25, -0.2) is 4.79 Å². The van der Waals surface area contributed by atoms with E-state index >= 15 is 0 Å². The summed E-state index contributed by atoms with van der Waals surface area (Å²) in [5, 5.41) is 16.9. The van der Waals surface area contributed by atoms with Crippen LogP contribution in [0.1, 0.15) is 39.7 Å². The molecule has 0 bridgehead atoms. The Balaban J connectivity index is 1.29. The van der Waals surface area contributed by atoms with E-state index in [0.29, 0.717) is 15.7 Å². The first-order valence-electron chi connectivity index (χ1n) is 12.0. The minimum atomic E-state index is -0.480. The molecule has 1 atom stereocenters. The number of thioether (sulfide) groups is 1. The van der Waals surface area contributed by atoms with E-state index < -0.39 is 5.97 Å². The Labute approximate surface area is 228 Å². The van der Waals surface area contributed by atoms with Crippen LogP contribution in [-0.4, -0.2) is 39.5 Å². The van der Waals surface area contributed by atoms with Gasteiger partial charge >= 0.3 is 5.97 Å². The molecule has 0 saturated heterocycles. The van der Waals surface area contributed by atoms with Crippen LogP contribution in [0.4, 0.5) is 5.00 Å². The number of nitrogens with zero attached hydrogens (tertiary/aromatic N) is 3. The first-order chi connectivity index (χ1) is 17.9. The fourth-order valence-corrected chi connectivity index (χ4v) is 7.46. The normalized spacial score (nSPS) is 14.9. The molecule has 5 rings (SSSR count). The molecule has 7 nitrogen and oxygen atoms in total. The number of carbonyl (C=O) groups excluding carboxylic acids is 2. The number of nitrogens with one attached hydrogen (secondary N) is 1. The van der Waals surface area contributed by atoms with Crippen molar-refractivity contribution in [2.24, 2.45) is 13.0 Å². The predicted molar refractivity (Wildman–Crippen MR) is 151 cm³/mol. The first-order valence-corrected chi connectivity index (χ1v) is 14.8. The zero-order valence-electron chi connectivity index (χ0n) is 21.2. The van der Waals surface area contributed by atoms with Gasteiger partial charge in [0.15, 0.2) is 11.0 Å². The standard InChI is InChI=1S/C27H28N4O3S3/c1-15-5-8-17(9-6-15)19-12-36-25(23(19)26(33)34-4)28-22(32)14-37-27-30-29-24(31(27)3)20-13-35-21-11-16(2)7-10-18(20)21/h5-6,8-9,12-13,16H,7,10-11,14H2,1-4H3,(H,28,32). The first kappa shape index (κ1) is 25.7. The lowest BCUT2D eigenvalue weighted by molar-refractivity contribution is -0.113. The number of aromatic nitrogens is 3. The molecule has 0 aliphatic heterocycles. The number of ether oxygens (including phenoxy) is 1. The number of rotatable bonds is 7. The average molecular weight is 553 g/mol. The average Bonchev–Trinajstić information content (AvgIpc) is 3.59. The molecule has 37 heavy (non-hydrogen) atoms. The smallest absolute Gasteiger partial charge is 0.341 e. The molecule has 10 heteroatoms. The molecule has 0 saturated carbocycles. The minimum Gasteiger partial charge on any atom is -0.465 e. The molecule has 3 aromatic heterocycles. The molecule has 0 fully saturated rings. The van der Waals surface area contributed by atoms with Gasteiger partial charge in [-0.2, -0.15) is 0 Å². The second kappa shape index (κ2) is 10.8. The maximum absolute atomic E-state index is 12.9. The van der Waals surface area contributed by atoms with Crippen molar-refractivity contribution >= 4 is 51.3 Å². The molecule has 1 N–H and O–H groups in total. The van der Waals surface area contributed by atoms with E-state index in [9.17, 15) is 9.59 Å². The highest BCUT2D eigenvalue weighted by molar-refractivity contribution is 7.99. The highest BCUT2D eigenvalue weighted by atomic mass is 32.2. The number of aryl methyl sites for hydroxylation is 1. The van der Waals surface area contributed by atoms with Crippen molar-refractivity contribution in [3.63, 3.8) is 0 Å². The molecule has 0 spiro atoms. The lowest BCUT2D eigenvalue weighted by Gasteiger charge is -2.18. The van der Waals surface area contributed by atoms with Gasteiger partial charge in [0, 0.05) is 33.8 Å². The lowest BCUT2D eigenvalue weighted by atomic mass is 9.88. The van der Waals surface area contributed by atoms with Crippen molar-refractivity contribution in [3.8, 4) is 22.5 Å². The largest absolute Gasteiger partial charge is 0.465 e. The van der Waals surface area contributed by atoms with Crippen LogP contribution in [0.15, 0.2) is 40.2 Å². The zero-order chi connectivity index (χ0) is 26.1. The Morgan fingerprint density at radius 2 is 1.92 bits per heavy atom. The fourth-order valence-electron chi connectivity index (χ4n) is 4.53. The second-order valence-electron chi connectivity index (χ2n) is 9.31. The molecule has 1 aliphatic rings. The fraction of sp³-hybridized carbons (Fsp3) is 0.333. The summed E-state index contributed by atoms with van der Waals surface area (Å²) in [4.78, 5) is 26.9. The molecular weight excluding hydrogens is 525 g/mol. The van der Waals surface area contributed by atoms with Gasteiger partial charge in [0.1, 0.15) is 10.6 Å². The van der Waals surface area contributed by atoms with Gasteiger partial charge in [-0.15, -0.1) is 32.9 Å². The molecule has 1 amide bonds. The molecule has 192 valence electrons. The van der Waals surface area contributed by atoms with Crippen molar-refractivity contribution < 1.29 is 14.3 Å². The molecule has 4 aromatic rings. The van der Waals surface area contributed by atoms with Gasteiger partial charge in [0.05, 0.1) is 12.9 Å². The number of amides is 1. The molecule has 3 heterocycles. The van der Waals surface area contributed by atoms with Crippen LogP contribution in [0.3, 0.4) is 0 Å². The van der Waals surface area contributed by atoms with Crippen LogP contribution < -0.4 is 5.32 Å². The Bertz CT molecular complexity index is 1450. The van der Waals surface area contributed by atoms with E-state index in [4.69, 9.17) is 4.74 Å². The van der Waals surface area contributed by atoms with E-state index in [-0.39, 0.29) is 11.7 Å². The van der Waals surface area contributed by atoms with Gasteiger partial charge in [-0.05, 0) is 43.2 Å². The SMILES string of the molecule is COC(=O)c1c(-c2ccc(C)cc2)csc1NC(=O)CSc1nnc(-c2csc3c2CCC(C)C3)n1C. The number of hydrogen-bond acceptors (Lipinski definition) is 8. The van der Waals surface area contributed by atoms with Crippen LogP contribution in [0, 0.1) is 12.8 Å². The molecule has 1 unspecified atom stereocenters. The summed E-state index contributed by atoms with van der Waals surface area (Å²) in [6.07, 6.45) is 3.39. The number of methoxy groups -OCH3 is 1. The monoisotopic (exact) mass is 552 g/mol. The summed E-state index contributed by atoms with van der Waals surface area (Å²) in [6.45, 7) is 4.31. The van der Waals surface area contributed by atoms with E-state index in [0.717, 1.165) is 46.8 Å². The van der Waals surface area contributed by atoms with Crippen molar-refractivity contribution in [1.29, 1.82) is 0 Å². The van der Waals surface area contributed by atoms with Gasteiger partial charge in [-0.1, -0.05) is 48.5 Å². The van der Waals surface area contributed by atoms with Crippen LogP contribution in [0.5, 0.6) is 0 Å². The van der Waals surface area contributed by atoms with Gasteiger partial charge in [-0.3, -0.25) is 4.79 Å². The summed E-state index contributed by atoms with van der Waals surface area (Å²) in [5.74, 6) is 0.997. The van der Waals surface area contributed by atoms with Crippen LogP contribution in [0.25, 0.3) is 22.5 Å². The summed E-state index contributed by atoms with van der Waals surface area (Å²) >= 11 is 4.44. The summed E-state index contributed by atoms with van der Waals surface area (Å²) < 4.78 is 6.98.